The molecule has 1 N–H and O–H groups in total. The maximum Gasteiger partial charge on any atom is 0.268 e. The van der Waals surface area contributed by atoms with E-state index in [4.69, 9.17) is 0 Å². The Balaban J connectivity index is 1.88. The molecule has 0 unspecified atom stereocenters. The molecule has 31 heavy (non-hydrogen) atoms. The number of nitrogens with zero attached hydrogens (tertiary/aromatic N) is 3. The van der Waals surface area contributed by atoms with Crippen LogP contribution < -0.4 is 5.56 Å². The number of hydrogen-bond donors (Lipinski definition) is 1. The van der Waals surface area contributed by atoms with Crippen LogP contribution in [0.15, 0.2) is 59.5 Å². The average Bonchev–Trinajstić information content (AvgIpc) is 3.20. The number of hydrogen-bond acceptors (Lipinski definition) is 3. The zero-order valence-electron chi connectivity index (χ0n) is 16.3. The molecule has 0 saturated carbocycles. The lowest BCUT2D eigenvalue weighted by Gasteiger charge is -2.14. The zero-order chi connectivity index (χ0) is 21.7. The van der Waals surface area contributed by atoms with Crippen LogP contribution in [0.3, 0.4) is 0 Å². The van der Waals surface area contributed by atoms with Crippen molar-refractivity contribution in [1.29, 1.82) is 0 Å². The summed E-state index contributed by atoms with van der Waals surface area (Å²) in [5.74, 6) is -4.31. The first-order valence-corrected chi connectivity index (χ1v) is 9.52. The number of aromatic nitrogens is 4. The highest BCUT2D eigenvalue weighted by Gasteiger charge is 2.23. The van der Waals surface area contributed by atoms with Crippen molar-refractivity contribution in [3.05, 3.63) is 99.4 Å². The summed E-state index contributed by atoms with van der Waals surface area (Å²) in [6.45, 7) is 1.29. The Kier molecular flexibility index (Phi) is 4.35. The van der Waals surface area contributed by atoms with Crippen molar-refractivity contribution in [3.63, 3.8) is 0 Å². The van der Waals surface area contributed by atoms with E-state index in [9.17, 15) is 18.0 Å². The molecule has 0 bridgehead atoms. The van der Waals surface area contributed by atoms with Gasteiger partial charge in [-0.05, 0) is 24.6 Å². The van der Waals surface area contributed by atoms with Crippen LogP contribution in [-0.2, 0) is 6.42 Å². The minimum atomic E-state index is -1.58. The van der Waals surface area contributed by atoms with Gasteiger partial charge in [-0.2, -0.15) is 5.10 Å². The van der Waals surface area contributed by atoms with Crippen LogP contribution in [0.4, 0.5) is 13.2 Å². The Labute approximate surface area is 173 Å². The summed E-state index contributed by atoms with van der Waals surface area (Å²) in [6, 6.07) is 13.7. The van der Waals surface area contributed by atoms with Gasteiger partial charge in [-0.25, -0.2) is 18.2 Å². The molecule has 0 saturated heterocycles. The number of rotatable bonds is 3. The summed E-state index contributed by atoms with van der Waals surface area (Å²) in [5.41, 5.74) is 1.25. The highest BCUT2D eigenvalue weighted by molar-refractivity contribution is 6.03. The van der Waals surface area contributed by atoms with Crippen molar-refractivity contribution in [3.8, 4) is 5.69 Å². The standard InChI is InChI=1S/C23H15F3N4O/c1-12-17(11-15(24)20(26)19(12)25)30-22-14(8-5-9-27-22)21-18(23(30)31)16(28-29-21)10-13-6-3-2-4-7-13/h2-9,11H,10H2,1H3,(H,28,29). The van der Waals surface area contributed by atoms with Crippen LogP contribution in [0, 0.1) is 24.4 Å². The van der Waals surface area contributed by atoms with E-state index in [0.29, 0.717) is 23.0 Å². The predicted molar refractivity (Wildman–Crippen MR) is 111 cm³/mol. The Morgan fingerprint density at radius 3 is 2.58 bits per heavy atom. The summed E-state index contributed by atoms with van der Waals surface area (Å²) in [6.07, 6.45) is 1.87. The minimum absolute atomic E-state index is 0.112. The molecular weight excluding hydrogens is 405 g/mol. The van der Waals surface area contributed by atoms with E-state index in [-0.39, 0.29) is 22.3 Å². The molecule has 3 heterocycles. The first-order chi connectivity index (χ1) is 15.0. The van der Waals surface area contributed by atoms with Crippen molar-refractivity contribution in [2.75, 3.05) is 0 Å². The molecule has 8 heteroatoms. The van der Waals surface area contributed by atoms with Gasteiger partial charge in [0, 0.05) is 29.6 Å². The SMILES string of the molecule is Cc1c(-n2c(=O)c3c(Cc4ccccc4)[nH]nc3c3cccnc32)cc(F)c(F)c1F. The molecule has 0 spiro atoms. The number of benzene rings is 2. The van der Waals surface area contributed by atoms with Crippen LogP contribution in [0.5, 0.6) is 0 Å². The zero-order valence-corrected chi connectivity index (χ0v) is 16.3. The van der Waals surface area contributed by atoms with E-state index < -0.39 is 23.0 Å². The third-order valence-corrected chi connectivity index (χ3v) is 5.36. The highest BCUT2D eigenvalue weighted by Crippen LogP contribution is 2.28. The Morgan fingerprint density at radius 2 is 1.81 bits per heavy atom. The Bertz CT molecular complexity index is 1520. The molecule has 5 rings (SSSR count). The Hall–Kier alpha value is -3.94. The van der Waals surface area contributed by atoms with Gasteiger partial charge in [-0.15, -0.1) is 0 Å². The van der Waals surface area contributed by atoms with Gasteiger partial charge in [0.15, 0.2) is 17.5 Å². The summed E-state index contributed by atoms with van der Waals surface area (Å²) < 4.78 is 43.3. The quantitative estimate of drug-likeness (QED) is 0.435. The maximum atomic E-state index is 14.3. The predicted octanol–water partition coefficient (Wildman–Crippen LogP) is 4.58. The third kappa shape index (κ3) is 2.91. The summed E-state index contributed by atoms with van der Waals surface area (Å²) >= 11 is 0. The minimum Gasteiger partial charge on any atom is -0.281 e. The maximum absolute atomic E-state index is 14.3. The van der Waals surface area contributed by atoms with Crippen LogP contribution >= 0.6 is 0 Å². The topological polar surface area (TPSA) is 63.6 Å². The molecule has 154 valence electrons. The smallest absolute Gasteiger partial charge is 0.268 e. The summed E-state index contributed by atoms with van der Waals surface area (Å²) in [5, 5.41) is 8.06. The number of H-pyrrole nitrogens is 1. The van der Waals surface area contributed by atoms with E-state index in [1.165, 1.54) is 13.1 Å². The molecule has 0 radical (unpaired) electrons. The molecule has 3 aromatic heterocycles. The van der Waals surface area contributed by atoms with Crippen molar-refractivity contribution in [2.24, 2.45) is 0 Å². The highest BCUT2D eigenvalue weighted by atomic mass is 19.2. The fourth-order valence-corrected chi connectivity index (χ4v) is 3.83. The van der Waals surface area contributed by atoms with Crippen LogP contribution in [0.2, 0.25) is 0 Å². The van der Waals surface area contributed by atoms with Crippen LogP contribution in [0.25, 0.3) is 27.6 Å². The molecule has 0 aliphatic carbocycles. The van der Waals surface area contributed by atoms with Gasteiger partial charge in [0.1, 0.15) is 11.2 Å². The van der Waals surface area contributed by atoms with E-state index >= 15 is 0 Å². The van der Waals surface area contributed by atoms with E-state index in [2.05, 4.69) is 15.2 Å². The van der Waals surface area contributed by atoms with E-state index in [1.807, 2.05) is 30.3 Å². The van der Waals surface area contributed by atoms with Crippen molar-refractivity contribution >= 4 is 21.9 Å². The fourth-order valence-electron chi connectivity index (χ4n) is 3.83. The number of nitrogens with one attached hydrogen (secondary N) is 1. The first-order valence-electron chi connectivity index (χ1n) is 9.52. The molecule has 5 nitrogen and oxygen atoms in total. The van der Waals surface area contributed by atoms with Gasteiger partial charge in [0.05, 0.1) is 16.8 Å². The van der Waals surface area contributed by atoms with Crippen molar-refractivity contribution in [2.45, 2.75) is 13.3 Å². The second-order valence-electron chi connectivity index (χ2n) is 7.23. The van der Waals surface area contributed by atoms with Crippen LogP contribution in [-0.4, -0.2) is 19.7 Å². The van der Waals surface area contributed by atoms with Gasteiger partial charge >= 0.3 is 0 Å². The summed E-state index contributed by atoms with van der Waals surface area (Å²) in [4.78, 5) is 17.9. The van der Waals surface area contributed by atoms with E-state index in [1.54, 1.807) is 12.1 Å². The monoisotopic (exact) mass is 420 g/mol. The van der Waals surface area contributed by atoms with Crippen molar-refractivity contribution in [1.82, 2.24) is 19.7 Å². The normalized spacial score (nSPS) is 11.5. The van der Waals surface area contributed by atoms with Gasteiger partial charge in [-0.1, -0.05) is 30.3 Å². The first kappa shape index (κ1) is 19.0. The average molecular weight is 420 g/mol. The number of aromatic amines is 1. The second kappa shape index (κ2) is 7.09. The van der Waals surface area contributed by atoms with Gasteiger partial charge < -0.3 is 0 Å². The van der Waals surface area contributed by atoms with Gasteiger partial charge in [0.25, 0.3) is 5.56 Å². The number of fused-ring (bicyclic) bond motifs is 3. The molecule has 2 aromatic carbocycles. The molecule has 0 aliphatic heterocycles. The lowest BCUT2D eigenvalue weighted by molar-refractivity contribution is 0.442. The number of halogens is 3. The largest absolute Gasteiger partial charge is 0.281 e. The molecular formula is C23H15F3N4O. The molecule has 5 aromatic rings. The third-order valence-electron chi connectivity index (χ3n) is 5.36. The Morgan fingerprint density at radius 1 is 1.03 bits per heavy atom. The summed E-state index contributed by atoms with van der Waals surface area (Å²) in [7, 11) is 0. The molecule has 0 aliphatic rings. The molecule has 0 fully saturated rings. The molecule has 0 atom stereocenters. The fraction of sp³-hybridized carbons (Fsp3) is 0.0870. The molecule has 0 amide bonds. The second-order valence-corrected chi connectivity index (χ2v) is 7.23. The van der Waals surface area contributed by atoms with E-state index in [0.717, 1.165) is 16.2 Å². The lowest BCUT2D eigenvalue weighted by atomic mass is 10.1. The number of pyridine rings is 2. The lowest BCUT2D eigenvalue weighted by Crippen LogP contribution is -2.22. The van der Waals surface area contributed by atoms with Crippen molar-refractivity contribution < 1.29 is 13.2 Å². The van der Waals surface area contributed by atoms with Crippen LogP contribution in [0.1, 0.15) is 16.8 Å². The van der Waals surface area contributed by atoms with Gasteiger partial charge in [-0.3, -0.25) is 14.5 Å². The van der Waals surface area contributed by atoms with Gasteiger partial charge in [0.2, 0.25) is 0 Å².